The van der Waals surface area contributed by atoms with Crippen LogP contribution in [0.3, 0.4) is 0 Å². The van der Waals surface area contributed by atoms with E-state index in [1.54, 1.807) is 6.07 Å². The second kappa shape index (κ2) is 12.0. The van der Waals surface area contributed by atoms with Crippen molar-refractivity contribution in [3.8, 4) is 0 Å². The summed E-state index contributed by atoms with van der Waals surface area (Å²) in [4.78, 5) is 2.50. The minimum absolute atomic E-state index is 0. The molecule has 1 aliphatic rings. The minimum atomic E-state index is 0. The lowest BCUT2D eigenvalue weighted by Gasteiger charge is -2.36. The fourth-order valence-electron chi connectivity index (χ4n) is 2.93. The van der Waals surface area contributed by atoms with E-state index in [4.69, 9.17) is 34.8 Å². The van der Waals surface area contributed by atoms with Crippen molar-refractivity contribution in [2.24, 2.45) is 0 Å². The van der Waals surface area contributed by atoms with E-state index in [2.05, 4.69) is 17.1 Å². The van der Waals surface area contributed by atoms with Gasteiger partial charge in [0.1, 0.15) is 0 Å². The number of unbranched alkanes of at least 4 members (excludes halogenated alkanes) is 2. The van der Waals surface area contributed by atoms with Gasteiger partial charge in [-0.05, 0) is 24.1 Å². The van der Waals surface area contributed by atoms with Crippen molar-refractivity contribution in [1.29, 1.82) is 0 Å². The van der Waals surface area contributed by atoms with Gasteiger partial charge >= 0.3 is 0 Å². The van der Waals surface area contributed by atoms with Crippen molar-refractivity contribution in [2.45, 2.75) is 38.6 Å². The molecule has 1 aliphatic heterocycles. The maximum absolute atomic E-state index is 6.46. The minimum Gasteiger partial charge on any atom is -0.314 e. The zero-order valence-electron chi connectivity index (χ0n) is 13.3. The van der Waals surface area contributed by atoms with Crippen LogP contribution in [-0.4, -0.2) is 31.1 Å². The second-order valence-corrected chi connectivity index (χ2v) is 6.81. The van der Waals surface area contributed by atoms with Gasteiger partial charge in [-0.25, -0.2) is 0 Å². The molecule has 0 aromatic heterocycles. The number of nitrogens with zero attached hydrogens (tertiary/aromatic N) is 1. The molecule has 1 N–H and O–H groups in total. The van der Waals surface area contributed by atoms with Gasteiger partial charge in [0.05, 0.1) is 10.0 Å². The number of rotatable bonds is 6. The van der Waals surface area contributed by atoms with Crippen LogP contribution in [-0.2, 0) is 0 Å². The van der Waals surface area contributed by atoms with Crippen molar-refractivity contribution < 1.29 is 0 Å². The molecule has 1 saturated heterocycles. The number of benzene rings is 1. The van der Waals surface area contributed by atoms with E-state index in [0.717, 1.165) is 38.2 Å². The first-order chi connectivity index (χ1) is 10.1. The van der Waals surface area contributed by atoms with Crippen LogP contribution in [0.2, 0.25) is 15.1 Å². The monoisotopic (exact) mass is 420 g/mol. The lowest BCUT2D eigenvalue weighted by molar-refractivity contribution is 0.163. The summed E-state index contributed by atoms with van der Waals surface area (Å²) >= 11 is 18.9. The quantitative estimate of drug-likeness (QED) is 0.446. The molecule has 0 aliphatic carbocycles. The molecule has 0 radical (unpaired) electrons. The molecule has 0 spiro atoms. The molecule has 1 aromatic rings. The molecule has 7 heteroatoms. The normalized spacial score (nSPS) is 16.3. The Labute approximate surface area is 167 Å². The third-order valence-electron chi connectivity index (χ3n) is 4.05. The maximum atomic E-state index is 6.46. The first-order valence-corrected chi connectivity index (χ1v) is 8.86. The molecule has 0 saturated carbocycles. The van der Waals surface area contributed by atoms with E-state index in [0.29, 0.717) is 21.1 Å². The molecule has 2 nitrogen and oxygen atoms in total. The van der Waals surface area contributed by atoms with Crippen molar-refractivity contribution in [3.05, 3.63) is 32.8 Å². The van der Waals surface area contributed by atoms with Gasteiger partial charge in [0.15, 0.2) is 0 Å². The summed E-state index contributed by atoms with van der Waals surface area (Å²) in [7, 11) is 0. The van der Waals surface area contributed by atoms with Crippen LogP contribution < -0.4 is 5.32 Å². The highest BCUT2D eigenvalue weighted by molar-refractivity contribution is 6.43. The van der Waals surface area contributed by atoms with Gasteiger partial charge in [0.2, 0.25) is 0 Å². The number of hydrogen-bond acceptors (Lipinski definition) is 2. The van der Waals surface area contributed by atoms with Gasteiger partial charge < -0.3 is 5.32 Å². The number of hydrogen-bond donors (Lipinski definition) is 1. The van der Waals surface area contributed by atoms with E-state index in [-0.39, 0.29) is 24.8 Å². The van der Waals surface area contributed by atoms with Crippen molar-refractivity contribution in [2.75, 3.05) is 26.2 Å². The third-order valence-corrected chi connectivity index (χ3v) is 5.09. The first kappa shape index (κ1) is 23.6. The predicted octanol–water partition coefficient (Wildman–Crippen LogP) is 6.02. The molecule has 134 valence electrons. The molecule has 23 heavy (non-hydrogen) atoms. The lowest BCUT2D eigenvalue weighted by atomic mass is 9.98. The fraction of sp³-hybridized carbons (Fsp3) is 0.625. The Morgan fingerprint density at radius 3 is 2.35 bits per heavy atom. The molecular formula is C16H25Cl5N2. The molecule has 1 aromatic carbocycles. The van der Waals surface area contributed by atoms with Gasteiger partial charge in [-0.2, -0.15) is 0 Å². The second-order valence-electron chi connectivity index (χ2n) is 5.59. The van der Waals surface area contributed by atoms with Crippen molar-refractivity contribution in [1.82, 2.24) is 10.2 Å². The SMILES string of the molecule is CCCCC[C@@H](c1cc(Cl)cc(Cl)c1Cl)N1CCNCC1.Cl.Cl. The standard InChI is InChI=1S/C16H23Cl3N2.2ClH/c1-2-3-4-5-15(21-8-6-20-7-9-21)13-10-12(17)11-14(18)16(13)19;;/h10-11,15,20H,2-9H2,1H3;2*1H/t15-;;/m0../s1. The number of nitrogens with one attached hydrogen (secondary N) is 1. The zero-order valence-corrected chi connectivity index (χ0v) is 17.2. The van der Waals surface area contributed by atoms with E-state index >= 15 is 0 Å². The fourth-order valence-corrected chi connectivity index (χ4v) is 3.68. The summed E-state index contributed by atoms with van der Waals surface area (Å²) in [6.45, 7) is 6.35. The average Bonchev–Trinajstić information content (AvgIpc) is 2.49. The highest BCUT2D eigenvalue weighted by Gasteiger charge is 2.25. The summed E-state index contributed by atoms with van der Waals surface area (Å²) in [6.07, 6.45) is 4.77. The van der Waals surface area contributed by atoms with Crippen LogP contribution in [0.1, 0.15) is 44.2 Å². The Balaban J connectivity index is 0.00000242. The summed E-state index contributed by atoms with van der Waals surface area (Å²) < 4.78 is 0. The molecule has 0 unspecified atom stereocenters. The van der Waals surface area contributed by atoms with Crippen LogP contribution in [0, 0.1) is 0 Å². The molecule has 0 amide bonds. The van der Waals surface area contributed by atoms with E-state index in [1.165, 1.54) is 19.3 Å². The van der Waals surface area contributed by atoms with E-state index in [1.807, 2.05) is 6.07 Å². The van der Waals surface area contributed by atoms with Gasteiger partial charge in [-0.3, -0.25) is 4.90 Å². The molecule has 0 bridgehead atoms. The summed E-state index contributed by atoms with van der Waals surface area (Å²) in [6, 6.07) is 4.01. The van der Waals surface area contributed by atoms with E-state index in [9.17, 15) is 0 Å². The van der Waals surface area contributed by atoms with Gasteiger partial charge in [0.25, 0.3) is 0 Å². The van der Waals surface area contributed by atoms with E-state index < -0.39 is 0 Å². The Hall–Kier alpha value is 0.590. The summed E-state index contributed by atoms with van der Waals surface area (Å²) in [5, 5.41) is 5.27. The van der Waals surface area contributed by atoms with Crippen LogP contribution in [0.4, 0.5) is 0 Å². The van der Waals surface area contributed by atoms with Crippen molar-refractivity contribution in [3.63, 3.8) is 0 Å². The Morgan fingerprint density at radius 1 is 1.09 bits per heavy atom. The Morgan fingerprint density at radius 2 is 1.74 bits per heavy atom. The van der Waals surface area contributed by atoms with Crippen LogP contribution in [0.25, 0.3) is 0 Å². The predicted molar refractivity (Wildman–Crippen MR) is 107 cm³/mol. The zero-order chi connectivity index (χ0) is 15.2. The highest BCUT2D eigenvalue weighted by atomic mass is 35.5. The number of halogens is 5. The van der Waals surface area contributed by atoms with Crippen LogP contribution in [0.15, 0.2) is 12.1 Å². The van der Waals surface area contributed by atoms with Crippen LogP contribution >= 0.6 is 59.6 Å². The molecule has 1 atom stereocenters. The summed E-state index contributed by atoms with van der Waals surface area (Å²) in [5.74, 6) is 0. The maximum Gasteiger partial charge on any atom is 0.0641 e. The molecular weight excluding hydrogens is 397 g/mol. The summed E-state index contributed by atoms with van der Waals surface area (Å²) in [5.41, 5.74) is 1.08. The topological polar surface area (TPSA) is 15.3 Å². The van der Waals surface area contributed by atoms with Crippen LogP contribution in [0.5, 0.6) is 0 Å². The van der Waals surface area contributed by atoms with Gasteiger partial charge in [0, 0.05) is 37.2 Å². The lowest BCUT2D eigenvalue weighted by Crippen LogP contribution is -2.45. The first-order valence-electron chi connectivity index (χ1n) is 7.72. The number of piperazine rings is 1. The third kappa shape index (κ3) is 6.78. The molecule has 2 rings (SSSR count). The molecule has 1 heterocycles. The smallest absolute Gasteiger partial charge is 0.0641 e. The Bertz CT molecular complexity index is 464. The average molecular weight is 423 g/mol. The Kier molecular flexibility index (Phi) is 12.3. The van der Waals surface area contributed by atoms with Gasteiger partial charge in [-0.15, -0.1) is 24.8 Å². The van der Waals surface area contributed by atoms with Crippen molar-refractivity contribution >= 4 is 59.6 Å². The largest absolute Gasteiger partial charge is 0.314 e. The highest BCUT2D eigenvalue weighted by Crippen LogP contribution is 2.38. The van der Waals surface area contributed by atoms with Gasteiger partial charge in [-0.1, -0.05) is 61.0 Å². The molecule has 1 fully saturated rings.